The molecule has 0 aromatic heterocycles. The Bertz CT molecular complexity index is 2740. The van der Waals surface area contributed by atoms with E-state index < -0.39 is 5.41 Å². The highest BCUT2D eigenvalue weighted by Crippen LogP contribution is 2.58. The first kappa shape index (κ1) is 33.4. The fourth-order valence-electron chi connectivity index (χ4n) is 8.92. The minimum absolute atomic E-state index is 0.358. The molecule has 0 amide bonds. The van der Waals surface area contributed by atoms with E-state index in [1.807, 2.05) is 12.1 Å². The van der Waals surface area contributed by atoms with Gasteiger partial charge in [0, 0.05) is 16.7 Å². The van der Waals surface area contributed by atoms with Gasteiger partial charge in [0.1, 0.15) is 6.04 Å². The molecule has 8 aromatic carbocycles. The zero-order valence-corrected chi connectivity index (χ0v) is 30.9. The molecule has 2 nitrogen and oxygen atoms in total. The second-order valence-corrected chi connectivity index (χ2v) is 14.5. The summed E-state index contributed by atoms with van der Waals surface area (Å²) in [7, 11) is 0. The van der Waals surface area contributed by atoms with E-state index >= 15 is 0 Å². The first-order chi connectivity index (χ1) is 27.7. The maximum Gasteiger partial charge on any atom is 0.156 e. The Morgan fingerprint density at radius 2 is 0.875 bits per heavy atom. The lowest BCUT2D eigenvalue weighted by Crippen LogP contribution is -2.28. The summed E-state index contributed by atoms with van der Waals surface area (Å²) < 4.78 is 0. The number of rotatable bonds is 7. The van der Waals surface area contributed by atoms with Crippen molar-refractivity contribution in [1.82, 2.24) is 0 Å². The predicted molar refractivity (Wildman–Crippen MR) is 232 cm³/mol. The van der Waals surface area contributed by atoms with Crippen LogP contribution in [-0.4, -0.2) is 11.5 Å². The number of hydrogen-bond donors (Lipinski definition) is 0. The van der Waals surface area contributed by atoms with Crippen molar-refractivity contribution >= 4 is 11.5 Å². The smallest absolute Gasteiger partial charge is 0.156 e. The zero-order chi connectivity index (χ0) is 37.5. The fourth-order valence-corrected chi connectivity index (χ4v) is 8.92. The van der Waals surface area contributed by atoms with E-state index in [1.54, 1.807) is 0 Å². The van der Waals surface area contributed by atoms with Gasteiger partial charge >= 0.3 is 0 Å². The van der Waals surface area contributed by atoms with Gasteiger partial charge < -0.3 is 0 Å². The minimum atomic E-state index is -0.488. The van der Waals surface area contributed by atoms with Gasteiger partial charge in [0.25, 0.3) is 0 Å². The van der Waals surface area contributed by atoms with E-state index in [1.165, 1.54) is 44.5 Å². The zero-order valence-electron chi connectivity index (χ0n) is 30.9. The number of aliphatic imine (C=N–C) groups is 2. The molecule has 1 aliphatic heterocycles. The molecule has 2 heteroatoms. The molecule has 1 aliphatic carbocycles. The molecule has 1 unspecified atom stereocenters. The van der Waals surface area contributed by atoms with Gasteiger partial charge in [-0.15, -0.1) is 0 Å². The highest BCUT2D eigenvalue weighted by Gasteiger charge is 2.47. The van der Waals surface area contributed by atoms with E-state index in [-0.39, 0.29) is 6.04 Å². The van der Waals surface area contributed by atoms with Crippen molar-refractivity contribution in [2.45, 2.75) is 11.5 Å². The van der Waals surface area contributed by atoms with Crippen LogP contribution in [0.25, 0.3) is 33.4 Å². The molecule has 0 spiro atoms. The lowest BCUT2D eigenvalue weighted by Gasteiger charge is -2.34. The van der Waals surface area contributed by atoms with Gasteiger partial charge in [-0.3, -0.25) is 4.99 Å². The third kappa shape index (κ3) is 5.41. The monoisotopic (exact) mass is 714 g/mol. The number of amidine groups is 1. The molecule has 0 radical (unpaired) electrons. The molecule has 264 valence electrons. The van der Waals surface area contributed by atoms with Crippen LogP contribution < -0.4 is 0 Å². The molecule has 10 rings (SSSR count). The summed E-state index contributed by atoms with van der Waals surface area (Å²) in [5.41, 5.74) is 16.6. The van der Waals surface area contributed by atoms with Crippen LogP contribution in [-0.2, 0) is 5.41 Å². The first-order valence-electron chi connectivity index (χ1n) is 19.2. The topological polar surface area (TPSA) is 24.7 Å². The summed E-state index contributed by atoms with van der Waals surface area (Å²) in [5, 5.41) is 0. The van der Waals surface area contributed by atoms with Crippen molar-refractivity contribution < 1.29 is 0 Å². The molecule has 1 atom stereocenters. The van der Waals surface area contributed by atoms with E-state index in [0.717, 1.165) is 39.1 Å². The van der Waals surface area contributed by atoms with Gasteiger partial charge in [0.15, 0.2) is 5.84 Å². The molecule has 0 N–H and O–H groups in total. The number of nitrogens with zero attached hydrogens (tertiary/aromatic N) is 2. The Labute approximate surface area is 328 Å². The summed E-state index contributed by atoms with van der Waals surface area (Å²) in [6.07, 6.45) is 0. The molecule has 2 aliphatic rings. The summed E-state index contributed by atoms with van der Waals surface area (Å²) in [6, 6.07) is 75.6. The van der Waals surface area contributed by atoms with Crippen LogP contribution in [0.2, 0.25) is 0 Å². The molecular formula is C54H38N2. The third-order valence-corrected chi connectivity index (χ3v) is 11.4. The van der Waals surface area contributed by atoms with Gasteiger partial charge in [-0.25, -0.2) is 4.99 Å². The second-order valence-electron chi connectivity index (χ2n) is 14.5. The molecule has 56 heavy (non-hydrogen) atoms. The largest absolute Gasteiger partial charge is 0.253 e. The highest BCUT2D eigenvalue weighted by molar-refractivity contribution is 6.22. The summed E-state index contributed by atoms with van der Waals surface area (Å²) >= 11 is 0. The average molecular weight is 715 g/mol. The average Bonchev–Trinajstić information content (AvgIpc) is 3.59. The van der Waals surface area contributed by atoms with Crippen LogP contribution in [0.4, 0.5) is 0 Å². The highest BCUT2D eigenvalue weighted by atomic mass is 15.0. The molecule has 0 saturated carbocycles. The van der Waals surface area contributed by atoms with Crippen LogP contribution >= 0.6 is 0 Å². The summed E-state index contributed by atoms with van der Waals surface area (Å²) in [6.45, 7) is 4.72. The quantitative estimate of drug-likeness (QED) is 0.157. The fraction of sp³-hybridized carbons (Fsp3) is 0.0370. The van der Waals surface area contributed by atoms with Crippen molar-refractivity contribution in [2.75, 3.05) is 0 Å². The maximum atomic E-state index is 5.46. The number of benzene rings is 8. The lowest BCUT2D eigenvalue weighted by molar-refractivity contribution is 0.768. The molecule has 0 bridgehead atoms. The van der Waals surface area contributed by atoms with Crippen molar-refractivity contribution in [3.8, 4) is 33.4 Å². The summed E-state index contributed by atoms with van der Waals surface area (Å²) in [4.78, 5) is 10.7. The Morgan fingerprint density at radius 3 is 1.54 bits per heavy atom. The number of hydrogen-bond acceptors (Lipinski definition) is 2. The molecule has 8 aromatic rings. The van der Waals surface area contributed by atoms with E-state index in [2.05, 4.69) is 200 Å². The van der Waals surface area contributed by atoms with Crippen molar-refractivity contribution in [3.05, 3.63) is 263 Å². The van der Waals surface area contributed by atoms with Gasteiger partial charge in [-0.1, -0.05) is 219 Å². The van der Waals surface area contributed by atoms with Crippen LogP contribution in [0.5, 0.6) is 0 Å². The molecule has 0 fully saturated rings. The van der Waals surface area contributed by atoms with E-state index in [9.17, 15) is 0 Å². The van der Waals surface area contributed by atoms with Crippen LogP contribution in [0.3, 0.4) is 0 Å². The SMILES string of the molecule is C=C1C(c2ccccc2)=NC(c2ccc(-c3ccccc3)cc2)=NC1c1ccccc1-c1cccc2c1-c1ccccc1C2(c1ccccc1)c1ccccc1. The van der Waals surface area contributed by atoms with Crippen molar-refractivity contribution in [3.63, 3.8) is 0 Å². The molecule has 0 saturated heterocycles. The first-order valence-corrected chi connectivity index (χ1v) is 19.2. The van der Waals surface area contributed by atoms with E-state index in [0.29, 0.717) is 5.84 Å². The molecule has 1 heterocycles. The van der Waals surface area contributed by atoms with Crippen LogP contribution in [0, 0.1) is 0 Å². The minimum Gasteiger partial charge on any atom is -0.253 e. The normalized spacial score (nSPS) is 15.4. The Kier molecular flexibility index (Phi) is 8.30. The van der Waals surface area contributed by atoms with Crippen LogP contribution in [0.15, 0.2) is 234 Å². The Hall–Kier alpha value is -7.16. The molecular weight excluding hydrogens is 677 g/mol. The van der Waals surface area contributed by atoms with Gasteiger partial charge in [-0.2, -0.15) is 0 Å². The summed E-state index contributed by atoms with van der Waals surface area (Å²) in [5.74, 6) is 0.700. The lowest BCUT2D eigenvalue weighted by atomic mass is 9.67. The maximum absolute atomic E-state index is 5.46. The van der Waals surface area contributed by atoms with E-state index in [4.69, 9.17) is 16.6 Å². The Balaban J connectivity index is 1.17. The van der Waals surface area contributed by atoms with Gasteiger partial charge in [0.05, 0.1) is 11.1 Å². The predicted octanol–water partition coefficient (Wildman–Crippen LogP) is 12.9. The number of fused-ring (bicyclic) bond motifs is 3. The third-order valence-electron chi connectivity index (χ3n) is 11.4. The Morgan fingerprint density at radius 1 is 0.393 bits per heavy atom. The van der Waals surface area contributed by atoms with Crippen LogP contribution in [0.1, 0.15) is 45.0 Å². The van der Waals surface area contributed by atoms with Gasteiger partial charge in [0.2, 0.25) is 0 Å². The van der Waals surface area contributed by atoms with Gasteiger partial charge in [-0.05, 0) is 61.2 Å². The van der Waals surface area contributed by atoms with Crippen molar-refractivity contribution in [1.29, 1.82) is 0 Å². The second kappa shape index (κ2) is 13.9. The van der Waals surface area contributed by atoms with Crippen molar-refractivity contribution in [2.24, 2.45) is 9.98 Å². The standard InChI is InChI=1S/C54H38N2/c1-37-51(40-21-8-3-9-22-40)55-53(41-35-33-39(34-36-41)38-19-6-2-7-20-38)56-52(37)46-28-15-14-27-44(46)45-30-18-32-49-50(45)47-29-16-17-31-48(47)54(49,42-23-10-4-11-24-42)43-25-12-5-13-26-43/h2-36,52H,1H2.